The van der Waals surface area contributed by atoms with Crippen molar-refractivity contribution in [1.82, 2.24) is 19.7 Å². The number of benzene rings is 1. The molecule has 0 radical (unpaired) electrons. The smallest absolute Gasteiger partial charge is 0.369 e. The van der Waals surface area contributed by atoms with Gasteiger partial charge in [-0.2, -0.15) is 36.0 Å². The summed E-state index contributed by atoms with van der Waals surface area (Å²) in [5.41, 5.74) is -3.32. The van der Waals surface area contributed by atoms with Gasteiger partial charge in [0.2, 0.25) is 5.16 Å². The van der Waals surface area contributed by atoms with E-state index < -0.39 is 29.2 Å². The summed E-state index contributed by atoms with van der Waals surface area (Å²) >= 11 is 1.08. The summed E-state index contributed by atoms with van der Waals surface area (Å²) in [4.78, 5) is 9.47. The summed E-state index contributed by atoms with van der Waals surface area (Å²) in [5.74, 6) is -0.143. The first-order valence-electron chi connectivity index (χ1n) is 6.93. The second kappa shape index (κ2) is 7.17. The summed E-state index contributed by atoms with van der Waals surface area (Å²) in [5, 5.41) is 4.08. The fourth-order valence-electron chi connectivity index (χ4n) is 1.86. The van der Waals surface area contributed by atoms with E-state index in [1.54, 1.807) is 20.4 Å². The first-order valence-corrected chi connectivity index (χ1v) is 8.16. The van der Waals surface area contributed by atoms with Gasteiger partial charge in [-0.15, -0.1) is 5.10 Å². The molecule has 0 atom stereocenters. The molecule has 26 heavy (non-hydrogen) atoms. The number of rotatable bonds is 4. The fourth-order valence-corrected chi connectivity index (χ4v) is 2.19. The lowest BCUT2D eigenvalue weighted by Gasteiger charge is -2.14. The molecule has 0 N–H and O–H groups in total. The SMILES string of the molecule is CSc1nc(N=CN(C)C)n(-c2cc(C(F)(F)F)cc(C(F)(F)F)c2)n1. The average Bonchev–Trinajstić information content (AvgIpc) is 2.94. The molecule has 2 rings (SSSR count). The Morgan fingerprint density at radius 2 is 1.58 bits per heavy atom. The molecule has 0 saturated heterocycles. The van der Waals surface area contributed by atoms with E-state index >= 15 is 0 Å². The number of halogens is 6. The third kappa shape index (κ3) is 4.68. The Kier molecular flexibility index (Phi) is 5.54. The lowest BCUT2D eigenvalue weighted by Crippen LogP contribution is -2.13. The van der Waals surface area contributed by atoms with E-state index in [4.69, 9.17) is 0 Å². The molecule has 1 aromatic carbocycles. The lowest BCUT2D eigenvalue weighted by atomic mass is 10.1. The fraction of sp³-hybridized carbons (Fsp3) is 0.357. The van der Waals surface area contributed by atoms with Crippen molar-refractivity contribution in [3.8, 4) is 5.69 Å². The standard InChI is InChI=1S/C14H13F6N5S/c1-24(2)7-21-11-22-12(26-3)23-25(11)10-5-8(13(15,16)17)4-9(6-10)14(18,19)20/h4-7H,1-3H3. The van der Waals surface area contributed by atoms with Gasteiger partial charge < -0.3 is 4.90 Å². The van der Waals surface area contributed by atoms with Gasteiger partial charge in [-0.05, 0) is 24.5 Å². The highest BCUT2D eigenvalue weighted by atomic mass is 32.2. The van der Waals surface area contributed by atoms with E-state index in [1.807, 2.05) is 0 Å². The van der Waals surface area contributed by atoms with Crippen molar-refractivity contribution in [2.45, 2.75) is 17.5 Å². The predicted octanol–water partition coefficient (Wildman–Crippen LogP) is 4.25. The molecule has 0 aliphatic carbocycles. The molecule has 0 amide bonds. The molecular weight excluding hydrogens is 384 g/mol. The van der Waals surface area contributed by atoms with Crippen molar-refractivity contribution < 1.29 is 26.3 Å². The average molecular weight is 397 g/mol. The number of hydrogen-bond acceptors (Lipinski definition) is 4. The molecule has 0 fully saturated rings. The molecular formula is C14H13F6N5S. The Morgan fingerprint density at radius 1 is 1.04 bits per heavy atom. The zero-order valence-electron chi connectivity index (χ0n) is 13.7. The number of hydrogen-bond donors (Lipinski definition) is 0. The molecule has 2 aromatic rings. The van der Waals surface area contributed by atoms with E-state index in [0.29, 0.717) is 12.1 Å². The number of aromatic nitrogens is 3. The molecule has 0 unspecified atom stereocenters. The quantitative estimate of drug-likeness (QED) is 0.335. The van der Waals surface area contributed by atoms with Crippen LogP contribution in [0.4, 0.5) is 32.3 Å². The molecule has 0 aliphatic rings. The van der Waals surface area contributed by atoms with Gasteiger partial charge in [0.25, 0.3) is 5.95 Å². The molecule has 12 heteroatoms. The summed E-state index contributed by atoms with van der Waals surface area (Å²) in [6.45, 7) is 0. The van der Waals surface area contributed by atoms with E-state index in [1.165, 1.54) is 11.2 Å². The Labute approximate surface area is 148 Å². The van der Waals surface area contributed by atoms with Crippen LogP contribution in [0.25, 0.3) is 5.69 Å². The van der Waals surface area contributed by atoms with Crippen molar-refractivity contribution in [1.29, 1.82) is 0 Å². The van der Waals surface area contributed by atoms with Crippen molar-refractivity contribution in [3.05, 3.63) is 29.3 Å². The Bertz CT molecular complexity index is 777. The second-order valence-corrected chi connectivity index (χ2v) is 6.06. The zero-order valence-corrected chi connectivity index (χ0v) is 14.5. The molecule has 0 bridgehead atoms. The van der Waals surface area contributed by atoms with Crippen molar-refractivity contribution in [2.24, 2.45) is 4.99 Å². The minimum absolute atomic E-state index is 0.0542. The van der Waals surface area contributed by atoms with Crippen LogP contribution in [0.5, 0.6) is 0 Å². The third-order valence-corrected chi connectivity index (χ3v) is 3.51. The number of thioether (sulfide) groups is 1. The normalized spacial score (nSPS) is 12.8. The Hall–Kier alpha value is -2.24. The van der Waals surface area contributed by atoms with Crippen molar-refractivity contribution in [2.75, 3.05) is 20.4 Å². The van der Waals surface area contributed by atoms with Crippen LogP contribution in [0.2, 0.25) is 0 Å². The van der Waals surface area contributed by atoms with Crippen LogP contribution in [-0.4, -0.2) is 46.4 Å². The highest BCUT2D eigenvalue weighted by Gasteiger charge is 2.37. The minimum atomic E-state index is -4.95. The summed E-state index contributed by atoms with van der Waals surface area (Å²) in [7, 11) is 3.29. The largest absolute Gasteiger partial charge is 0.416 e. The maximum Gasteiger partial charge on any atom is 0.416 e. The lowest BCUT2D eigenvalue weighted by molar-refractivity contribution is -0.143. The summed E-state index contributed by atoms with van der Waals surface area (Å²) < 4.78 is 79.0. The van der Waals surface area contributed by atoms with Gasteiger partial charge in [-0.25, -0.2) is 4.99 Å². The van der Waals surface area contributed by atoms with Crippen LogP contribution in [0, 0.1) is 0 Å². The number of aliphatic imine (C=N–C) groups is 1. The number of alkyl halides is 6. The molecule has 1 heterocycles. The predicted molar refractivity (Wildman–Crippen MR) is 85.0 cm³/mol. The molecule has 0 saturated carbocycles. The van der Waals surface area contributed by atoms with Gasteiger partial charge in [0.15, 0.2) is 0 Å². The second-order valence-electron chi connectivity index (χ2n) is 5.28. The number of nitrogens with zero attached hydrogens (tertiary/aromatic N) is 5. The van der Waals surface area contributed by atoms with Crippen molar-refractivity contribution >= 4 is 24.0 Å². The van der Waals surface area contributed by atoms with E-state index in [2.05, 4.69) is 15.1 Å². The molecule has 0 aliphatic heterocycles. The van der Waals surface area contributed by atoms with Crippen LogP contribution in [-0.2, 0) is 12.4 Å². The maximum atomic E-state index is 13.0. The van der Waals surface area contributed by atoms with Gasteiger partial charge in [0.1, 0.15) is 0 Å². The van der Waals surface area contributed by atoms with Gasteiger partial charge >= 0.3 is 12.4 Å². The Morgan fingerprint density at radius 3 is 2.00 bits per heavy atom. The van der Waals surface area contributed by atoms with Crippen LogP contribution in [0.15, 0.2) is 28.3 Å². The zero-order chi connectivity index (χ0) is 19.7. The van der Waals surface area contributed by atoms with Crippen molar-refractivity contribution in [3.63, 3.8) is 0 Å². The van der Waals surface area contributed by atoms with Gasteiger partial charge in [0.05, 0.1) is 23.2 Å². The molecule has 0 spiro atoms. The van der Waals surface area contributed by atoms with Crippen LogP contribution >= 0.6 is 11.8 Å². The molecule has 5 nitrogen and oxygen atoms in total. The first-order chi connectivity index (χ1) is 11.9. The topological polar surface area (TPSA) is 46.3 Å². The minimum Gasteiger partial charge on any atom is -0.369 e. The van der Waals surface area contributed by atoms with Gasteiger partial charge in [-0.3, -0.25) is 0 Å². The van der Waals surface area contributed by atoms with Crippen LogP contribution in [0.1, 0.15) is 11.1 Å². The van der Waals surface area contributed by atoms with Gasteiger partial charge in [-0.1, -0.05) is 11.8 Å². The molecule has 1 aromatic heterocycles. The highest BCUT2D eigenvalue weighted by molar-refractivity contribution is 7.98. The van der Waals surface area contributed by atoms with E-state index in [9.17, 15) is 26.3 Å². The van der Waals surface area contributed by atoms with E-state index in [0.717, 1.165) is 16.4 Å². The first kappa shape index (κ1) is 20.1. The van der Waals surface area contributed by atoms with Crippen LogP contribution in [0.3, 0.4) is 0 Å². The highest BCUT2D eigenvalue weighted by Crippen LogP contribution is 2.37. The maximum absolute atomic E-state index is 13.0. The van der Waals surface area contributed by atoms with Gasteiger partial charge in [0, 0.05) is 14.1 Å². The Balaban J connectivity index is 2.69. The summed E-state index contributed by atoms with van der Waals surface area (Å²) in [6.07, 6.45) is -6.98. The van der Waals surface area contributed by atoms with E-state index in [-0.39, 0.29) is 17.2 Å². The van der Waals surface area contributed by atoms with Crippen LogP contribution < -0.4 is 0 Å². The molecule has 142 valence electrons. The summed E-state index contributed by atoms with van der Waals surface area (Å²) in [6, 6.07) is 1.20. The third-order valence-electron chi connectivity index (χ3n) is 2.97. The monoisotopic (exact) mass is 397 g/mol.